The Kier molecular flexibility index (Phi) is 7.46. The van der Waals surface area contributed by atoms with Crippen LogP contribution in [0.25, 0.3) is 0 Å². The van der Waals surface area contributed by atoms with E-state index in [1.165, 1.54) is 0 Å². The molecule has 30 heavy (non-hydrogen) atoms. The smallest absolute Gasteiger partial charge is 0.329 e. The molecule has 1 aromatic carbocycles. The first-order chi connectivity index (χ1) is 14.4. The maximum absolute atomic E-state index is 13.3. The van der Waals surface area contributed by atoms with E-state index in [9.17, 15) is 14.4 Å². The van der Waals surface area contributed by atoms with Gasteiger partial charge < -0.3 is 10.1 Å². The number of hydrogen-bond donors (Lipinski definition) is 1. The number of carbonyl (C=O) groups is 3. The minimum Gasteiger partial charge on any atom is -0.461 e. The normalized spacial score (nSPS) is 27.3. The van der Waals surface area contributed by atoms with Crippen LogP contribution in [0.15, 0.2) is 42.0 Å². The van der Waals surface area contributed by atoms with Gasteiger partial charge in [0, 0.05) is 5.56 Å². The Bertz CT molecular complexity index is 786. The van der Waals surface area contributed by atoms with Crippen LogP contribution in [0.3, 0.4) is 0 Å². The molecule has 1 saturated carbocycles. The van der Waals surface area contributed by atoms with Crippen LogP contribution in [0.5, 0.6) is 0 Å². The molecule has 3 rings (SSSR count). The number of amides is 1. The fourth-order valence-corrected chi connectivity index (χ4v) is 4.78. The van der Waals surface area contributed by atoms with Crippen molar-refractivity contribution >= 4 is 18.2 Å². The second kappa shape index (κ2) is 10.1. The molecule has 0 heterocycles. The molecule has 0 aliphatic heterocycles. The molecule has 0 unspecified atom stereocenters. The zero-order valence-corrected chi connectivity index (χ0v) is 18.2. The molecule has 1 fully saturated rings. The van der Waals surface area contributed by atoms with Crippen LogP contribution >= 0.6 is 0 Å². The van der Waals surface area contributed by atoms with Gasteiger partial charge >= 0.3 is 5.97 Å². The van der Waals surface area contributed by atoms with Crippen molar-refractivity contribution in [2.45, 2.75) is 65.0 Å². The van der Waals surface area contributed by atoms with E-state index in [1.807, 2.05) is 12.1 Å². The van der Waals surface area contributed by atoms with Gasteiger partial charge in [0.1, 0.15) is 18.4 Å². The number of esters is 1. The summed E-state index contributed by atoms with van der Waals surface area (Å²) in [6.45, 7) is 6.55. The summed E-state index contributed by atoms with van der Waals surface area (Å²) in [6.07, 6.45) is 6.68. The van der Waals surface area contributed by atoms with E-state index in [2.05, 4.69) is 26.1 Å². The monoisotopic (exact) mass is 411 g/mol. The highest BCUT2D eigenvalue weighted by Crippen LogP contribution is 2.36. The molecule has 2 aliphatic rings. The molecular weight excluding hydrogens is 378 g/mol. The highest BCUT2D eigenvalue weighted by Gasteiger charge is 2.38. The zero-order valence-electron chi connectivity index (χ0n) is 18.2. The van der Waals surface area contributed by atoms with Gasteiger partial charge in [-0.05, 0) is 67.1 Å². The van der Waals surface area contributed by atoms with E-state index >= 15 is 0 Å². The summed E-state index contributed by atoms with van der Waals surface area (Å²) in [4.78, 5) is 37.3. The van der Waals surface area contributed by atoms with Gasteiger partial charge in [-0.15, -0.1) is 0 Å². The lowest BCUT2D eigenvalue weighted by atomic mass is 9.75. The molecule has 2 aliphatic carbocycles. The summed E-state index contributed by atoms with van der Waals surface area (Å²) in [6, 6.07) is 8.10. The predicted molar refractivity (Wildman–Crippen MR) is 116 cm³/mol. The van der Waals surface area contributed by atoms with Crippen molar-refractivity contribution in [1.82, 2.24) is 5.32 Å². The SMILES string of the molecule is CC(C)[C@@H]1CC[C@@H](C)C[C@H]1OC(=O)[C@H](NC(=O)c1ccccc1)[C@@H]1CC=C(C=O)C1. The lowest BCUT2D eigenvalue weighted by molar-refractivity contribution is -0.159. The van der Waals surface area contributed by atoms with E-state index < -0.39 is 6.04 Å². The summed E-state index contributed by atoms with van der Waals surface area (Å²) < 4.78 is 6.05. The minimum atomic E-state index is -0.767. The van der Waals surface area contributed by atoms with Gasteiger partial charge in [-0.25, -0.2) is 4.79 Å². The molecule has 1 amide bonds. The number of rotatable bonds is 7. The van der Waals surface area contributed by atoms with Crippen molar-refractivity contribution in [3.63, 3.8) is 0 Å². The number of aldehydes is 1. The fraction of sp³-hybridized carbons (Fsp3) is 0.560. The van der Waals surface area contributed by atoms with Crippen LogP contribution in [-0.2, 0) is 14.3 Å². The van der Waals surface area contributed by atoms with Crippen LogP contribution in [0.2, 0.25) is 0 Å². The number of carbonyl (C=O) groups excluding carboxylic acids is 3. The van der Waals surface area contributed by atoms with E-state index in [0.29, 0.717) is 41.7 Å². The number of ether oxygens (including phenoxy) is 1. The van der Waals surface area contributed by atoms with E-state index in [4.69, 9.17) is 4.74 Å². The van der Waals surface area contributed by atoms with Gasteiger partial charge in [0.25, 0.3) is 5.91 Å². The highest BCUT2D eigenvalue weighted by molar-refractivity contribution is 5.97. The zero-order chi connectivity index (χ0) is 21.7. The second-order valence-electron chi connectivity index (χ2n) is 9.22. The van der Waals surface area contributed by atoms with Crippen LogP contribution in [0.4, 0.5) is 0 Å². The van der Waals surface area contributed by atoms with Crippen LogP contribution < -0.4 is 5.32 Å². The van der Waals surface area contributed by atoms with Gasteiger partial charge in [0.2, 0.25) is 0 Å². The van der Waals surface area contributed by atoms with Crippen molar-refractivity contribution in [2.24, 2.45) is 23.7 Å². The molecule has 1 N–H and O–H groups in total. The average Bonchev–Trinajstić information content (AvgIpc) is 3.21. The maximum Gasteiger partial charge on any atom is 0.329 e. The van der Waals surface area contributed by atoms with Gasteiger partial charge in [-0.1, -0.05) is 51.5 Å². The van der Waals surface area contributed by atoms with Crippen molar-refractivity contribution in [3.05, 3.63) is 47.5 Å². The Morgan fingerprint density at radius 3 is 2.53 bits per heavy atom. The number of allylic oxidation sites excluding steroid dienone is 2. The average molecular weight is 412 g/mol. The van der Waals surface area contributed by atoms with Crippen LogP contribution in [-0.4, -0.2) is 30.3 Å². The van der Waals surface area contributed by atoms with Gasteiger partial charge in [0.05, 0.1) is 0 Å². The molecule has 0 bridgehead atoms. The molecule has 5 nitrogen and oxygen atoms in total. The van der Waals surface area contributed by atoms with Crippen molar-refractivity contribution in [1.29, 1.82) is 0 Å². The summed E-state index contributed by atoms with van der Waals surface area (Å²) in [5.41, 5.74) is 1.18. The summed E-state index contributed by atoms with van der Waals surface area (Å²) >= 11 is 0. The molecule has 5 atom stereocenters. The Balaban J connectivity index is 1.76. The predicted octanol–water partition coefficient (Wildman–Crippen LogP) is 4.32. The van der Waals surface area contributed by atoms with E-state index in [-0.39, 0.29) is 23.9 Å². The molecule has 0 aromatic heterocycles. The minimum absolute atomic E-state index is 0.128. The first-order valence-electron chi connectivity index (χ1n) is 11.1. The summed E-state index contributed by atoms with van der Waals surface area (Å²) in [5, 5.41) is 2.90. The molecule has 5 heteroatoms. The second-order valence-corrected chi connectivity index (χ2v) is 9.22. The molecule has 0 radical (unpaired) electrons. The maximum atomic E-state index is 13.3. The van der Waals surface area contributed by atoms with E-state index in [0.717, 1.165) is 25.5 Å². The number of nitrogens with one attached hydrogen (secondary N) is 1. The molecular formula is C25H33NO4. The standard InChI is InChI=1S/C25H33NO4/c1-16(2)21-12-9-17(3)13-22(21)30-25(29)23(20-11-10-18(14-20)15-27)26-24(28)19-7-5-4-6-8-19/h4-8,10,15-17,20-23H,9,11-14H2,1-3H3,(H,26,28)/t17-,20-,21+,22-,23-/m1/s1. The number of benzene rings is 1. The Morgan fingerprint density at radius 1 is 1.17 bits per heavy atom. The highest BCUT2D eigenvalue weighted by atomic mass is 16.5. The first-order valence-corrected chi connectivity index (χ1v) is 11.1. The van der Waals surface area contributed by atoms with E-state index in [1.54, 1.807) is 24.3 Å². The van der Waals surface area contributed by atoms with Crippen molar-refractivity contribution in [3.8, 4) is 0 Å². The van der Waals surface area contributed by atoms with Gasteiger partial charge in [-0.2, -0.15) is 0 Å². The molecule has 162 valence electrons. The third kappa shape index (κ3) is 5.38. The molecule has 0 saturated heterocycles. The third-order valence-electron chi connectivity index (χ3n) is 6.61. The van der Waals surface area contributed by atoms with Gasteiger partial charge in [-0.3, -0.25) is 9.59 Å². The first kappa shape index (κ1) is 22.3. The number of hydrogen-bond acceptors (Lipinski definition) is 4. The fourth-order valence-electron chi connectivity index (χ4n) is 4.78. The topological polar surface area (TPSA) is 72.5 Å². The Hall–Kier alpha value is -2.43. The van der Waals surface area contributed by atoms with Crippen molar-refractivity contribution in [2.75, 3.05) is 0 Å². The largest absolute Gasteiger partial charge is 0.461 e. The van der Waals surface area contributed by atoms with Crippen LogP contribution in [0, 0.1) is 23.7 Å². The van der Waals surface area contributed by atoms with Crippen LogP contribution in [0.1, 0.15) is 63.2 Å². The van der Waals surface area contributed by atoms with Crippen molar-refractivity contribution < 1.29 is 19.1 Å². The molecule has 1 aromatic rings. The van der Waals surface area contributed by atoms with Gasteiger partial charge in [0.15, 0.2) is 0 Å². The third-order valence-corrected chi connectivity index (χ3v) is 6.61. The quantitative estimate of drug-likeness (QED) is 0.536. The lowest BCUT2D eigenvalue weighted by Crippen LogP contribution is -2.48. The summed E-state index contributed by atoms with van der Waals surface area (Å²) in [5.74, 6) is 0.447. The lowest BCUT2D eigenvalue weighted by Gasteiger charge is -2.37. The Morgan fingerprint density at radius 2 is 1.90 bits per heavy atom. The summed E-state index contributed by atoms with van der Waals surface area (Å²) in [7, 11) is 0. The molecule has 0 spiro atoms. The Labute approximate surface area is 179 Å².